The Morgan fingerprint density at radius 1 is 1.00 bits per heavy atom. The van der Waals surface area contributed by atoms with Crippen LogP contribution >= 0.6 is 0 Å². The van der Waals surface area contributed by atoms with Crippen molar-refractivity contribution in [2.24, 2.45) is 0 Å². The zero-order chi connectivity index (χ0) is 22.8. The Bertz CT molecular complexity index is 1210. The van der Waals surface area contributed by atoms with Crippen LogP contribution < -0.4 is 18.9 Å². The number of alkyl halides is 3. The number of halogens is 3. The average molecular weight is 466 g/mol. The predicted octanol–water partition coefficient (Wildman–Crippen LogP) is 4.25. The summed E-state index contributed by atoms with van der Waals surface area (Å²) in [7, 11) is -4.52. The molecule has 7 nitrogen and oxygen atoms in total. The Balaban J connectivity index is 1.47. The van der Waals surface area contributed by atoms with Crippen LogP contribution in [0, 0.1) is 0 Å². The van der Waals surface area contributed by atoms with Gasteiger partial charge >= 0.3 is 6.18 Å². The maximum atomic E-state index is 12.4. The van der Waals surface area contributed by atoms with Gasteiger partial charge in [0.2, 0.25) is 16.8 Å². The Morgan fingerprint density at radius 2 is 1.72 bits per heavy atom. The minimum absolute atomic E-state index is 0.161. The van der Waals surface area contributed by atoms with Gasteiger partial charge in [0.05, 0.1) is 0 Å². The van der Waals surface area contributed by atoms with Crippen molar-refractivity contribution in [3.05, 3.63) is 66.5 Å². The van der Waals surface area contributed by atoms with Gasteiger partial charge in [0.1, 0.15) is 11.5 Å². The lowest BCUT2D eigenvalue weighted by Gasteiger charge is -2.13. The molecule has 1 aliphatic rings. The van der Waals surface area contributed by atoms with Gasteiger partial charge in [0.25, 0.3) is 0 Å². The fourth-order valence-electron chi connectivity index (χ4n) is 3.08. The quantitative estimate of drug-likeness (QED) is 0.560. The molecule has 0 aliphatic carbocycles. The highest BCUT2D eigenvalue weighted by Gasteiger charge is 2.35. The first kappa shape index (κ1) is 21.9. The fourth-order valence-corrected chi connectivity index (χ4v) is 3.99. The summed E-state index contributed by atoms with van der Waals surface area (Å²) < 4.78 is 79.0. The van der Waals surface area contributed by atoms with Gasteiger partial charge in [-0.1, -0.05) is 12.1 Å². The van der Waals surface area contributed by atoms with Crippen LogP contribution in [-0.4, -0.2) is 32.1 Å². The molecular weight excluding hydrogens is 449 g/mol. The number of nitrogens with one attached hydrogen (secondary N) is 1. The number of fused-ring (bicyclic) bond motifs is 1. The summed E-state index contributed by atoms with van der Waals surface area (Å²) in [6.45, 7) is -0.162. The summed E-state index contributed by atoms with van der Waals surface area (Å²) in [6.07, 6.45) is -1.90. The molecule has 0 saturated carbocycles. The average Bonchev–Trinajstić information content (AvgIpc) is 3.19. The van der Waals surface area contributed by atoms with E-state index in [9.17, 15) is 21.6 Å². The first-order valence-corrected chi connectivity index (χ1v) is 11.0. The molecule has 2 aromatic carbocycles. The van der Waals surface area contributed by atoms with Crippen LogP contribution in [0.4, 0.5) is 13.2 Å². The van der Waals surface area contributed by atoms with Crippen LogP contribution in [0.5, 0.6) is 23.0 Å². The second-order valence-electron chi connectivity index (χ2n) is 6.87. The lowest BCUT2D eigenvalue weighted by molar-refractivity contribution is -0.106. The van der Waals surface area contributed by atoms with Crippen molar-refractivity contribution in [3.8, 4) is 34.1 Å². The molecule has 1 N–H and O–H groups in total. The van der Waals surface area contributed by atoms with Crippen molar-refractivity contribution >= 4 is 10.0 Å². The third-order valence-electron chi connectivity index (χ3n) is 4.48. The lowest BCUT2D eigenvalue weighted by Crippen LogP contribution is -2.33. The molecule has 0 amide bonds. The molecule has 0 atom stereocenters. The van der Waals surface area contributed by atoms with E-state index in [1.165, 1.54) is 12.4 Å². The number of benzene rings is 2. The number of hydrogen-bond donors (Lipinski definition) is 1. The van der Waals surface area contributed by atoms with E-state index >= 15 is 0 Å². The molecule has 3 aromatic rings. The van der Waals surface area contributed by atoms with Gasteiger partial charge in [0.15, 0.2) is 17.3 Å². The molecule has 0 spiro atoms. The van der Waals surface area contributed by atoms with Crippen LogP contribution in [0.3, 0.4) is 0 Å². The Kier molecular flexibility index (Phi) is 5.94. The first-order chi connectivity index (χ1) is 15.2. The molecule has 168 valence electrons. The molecule has 0 fully saturated rings. The normalized spacial score (nSPS) is 13.2. The minimum Gasteiger partial charge on any atom is -0.457 e. The van der Waals surface area contributed by atoms with Gasteiger partial charge < -0.3 is 14.2 Å². The summed E-state index contributed by atoms with van der Waals surface area (Å²) in [5.74, 6) is 0.402. The minimum atomic E-state index is -4.82. The lowest BCUT2D eigenvalue weighted by atomic mass is 10.0. The molecule has 1 aliphatic heterocycles. The molecule has 32 heavy (non-hydrogen) atoms. The highest BCUT2D eigenvalue weighted by molar-refractivity contribution is 7.89. The van der Waals surface area contributed by atoms with Crippen molar-refractivity contribution in [1.29, 1.82) is 0 Å². The van der Waals surface area contributed by atoms with E-state index in [0.717, 1.165) is 5.56 Å². The van der Waals surface area contributed by atoms with Crippen LogP contribution in [0.25, 0.3) is 11.1 Å². The van der Waals surface area contributed by atoms with Crippen molar-refractivity contribution in [1.82, 2.24) is 9.71 Å². The van der Waals surface area contributed by atoms with Gasteiger partial charge in [-0.25, -0.2) is 13.1 Å². The maximum absolute atomic E-state index is 12.4. The SMILES string of the molecule is O=S(=O)(CC(F)(F)F)NCc1cnccc1-c1ccc(Oc2ccc3c(c2)OCO3)cc1. The van der Waals surface area contributed by atoms with Crippen LogP contribution in [0.15, 0.2) is 60.9 Å². The van der Waals surface area contributed by atoms with Crippen molar-refractivity contribution in [3.63, 3.8) is 0 Å². The second kappa shape index (κ2) is 8.67. The molecule has 0 bridgehead atoms. The van der Waals surface area contributed by atoms with Crippen molar-refractivity contribution in [2.75, 3.05) is 12.5 Å². The Morgan fingerprint density at radius 3 is 2.47 bits per heavy atom. The van der Waals surface area contributed by atoms with Gasteiger partial charge in [0, 0.05) is 25.0 Å². The van der Waals surface area contributed by atoms with Crippen molar-refractivity contribution in [2.45, 2.75) is 12.7 Å². The summed E-state index contributed by atoms with van der Waals surface area (Å²) >= 11 is 0. The number of aromatic nitrogens is 1. The zero-order valence-electron chi connectivity index (χ0n) is 16.4. The van der Waals surface area contributed by atoms with Crippen LogP contribution in [0.2, 0.25) is 0 Å². The highest BCUT2D eigenvalue weighted by atomic mass is 32.2. The number of nitrogens with zero attached hydrogens (tertiary/aromatic N) is 1. The topological polar surface area (TPSA) is 86.8 Å². The number of pyridine rings is 1. The molecule has 11 heteroatoms. The third-order valence-corrected chi connectivity index (χ3v) is 5.78. The predicted molar refractivity (Wildman–Crippen MR) is 109 cm³/mol. The first-order valence-electron chi connectivity index (χ1n) is 9.33. The fraction of sp³-hybridized carbons (Fsp3) is 0.190. The Hall–Kier alpha value is -3.31. The van der Waals surface area contributed by atoms with Gasteiger partial charge in [-0.05, 0) is 47.0 Å². The standard InChI is InChI=1S/C21H17F3N2O5S/c22-21(23,24)12-32(27,28)26-11-15-10-25-8-7-18(15)14-1-3-16(4-2-14)31-17-5-6-19-20(9-17)30-13-29-19/h1-10,26H,11-13H2. The summed E-state index contributed by atoms with van der Waals surface area (Å²) in [6, 6.07) is 13.8. The zero-order valence-corrected chi connectivity index (χ0v) is 17.2. The van der Waals surface area contributed by atoms with E-state index < -0.39 is 22.0 Å². The second-order valence-corrected chi connectivity index (χ2v) is 8.68. The van der Waals surface area contributed by atoms with Crippen LogP contribution in [0.1, 0.15) is 5.56 Å². The van der Waals surface area contributed by atoms with Crippen LogP contribution in [-0.2, 0) is 16.6 Å². The van der Waals surface area contributed by atoms with E-state index in [4.69, 9.17) is 14.2 Å². The molecule has 4 rings (SSSR count). The summed E-state index contributed by atoms with van der Waals surface area (Å²) in [5, 5.41) is 0. The van der Waals surface area contributed by atoms with Gasteiger partial charge in [-0.15, -0.1) is 0 Å². The maximum Gasteiger partial charge on any atom is 0.404 e. The van der Waals surface area contributed by atoms with E-state index in [2.05, 4.69) is 4.98 Å². The largest absolute Gasteiger partial charge is 0.457 e. The molecular formula is C21H17F3N2O5S. The van der Waals surface area contributed by atoms with E-state index in [1.54, 1.807) is 48.5 Å². The van der Waals surface area contributed by atoms with Crippen molar-refractivity contribution < 1.29 is 35.8 Å². The monoisotopic (exact) mass is 466 g/mol. The van der Waals surface area contributed by atoms with Gasteiger partial charge in [-0.2, -0.15) is 13.2 Å². The smallest absolute Gasteiger partial charge is 0.404 e. The van der Waals surface area contributed by atoms with E-state index in [0.29, 0.717) is 34.1 Å². The summed E-state index contributed by atoms with van der Waals surface area (Å²) in [4.78, 5) is 3.94. The number of rotatable bonds is 7. The molecule has 0 radical (unpaired) electrons. The molecule has 0 saturated heterocycles. The number of hydrogen-bond acceptors (Lipinski definition) is 6. The van der Waals surface area contributed by atoms with E-state index in [1.807, 2.05) is 4.72 Å². The Labute approximate surface area is 181 Å². The molecule has 0 unspecified atom stereocenters. The molecule has 2 heterocycles. The highest BCUT2D eigenvalue weighted by Crippen LogP contribution is 2.37. The third kappa shape index (κ3) is 5.48. The number of ether oxygens (including phenoxy) is 3. The molecule has 1 aromatic heterocycles. The van der Waals surface area contributed by atoms with E-state index in [-0.39, 0.29) is 13.3 Å². The summed E-state index contributed by atoms with van der Waals surface area (Å²) in [5.41, 5.74) is 1.78. The van der Waals surface area contributed by atoms with Gasteiger partial charge in [-0.3, -0.25) is 4.98 Å². The number of sulfonamides is 1.